The number of alkyl halides is 2. The van der Waals surface area contributed by atoms with Gasteiger partial charge in [0.25, 0.3) is 12.3 Å². The highest BCUT2D eigenvalue weighted by molar-refractivity contribution is 6.03. The predicted octanol–water partition coefficient (Wildman–Crippen LogP) is 1.58. The summed E-state index contributed by atoms with van der Waals surface area (Å²) in [6.45, 7) is 1.51. The summed E-state index contributed by atoms with van der Waals surface area (Å²) in [4.78, 5) is 18.9. The average Bonchev–Trinajstić information content (AvgIpc) is 3.24. The summed E-state index contributed by atoms with van der Waals surface area (Å²) in [7, 11) is 1.51. The molecule has 1 saturated heterocycles. The first-order valence-corrected chi connectivity index (χ1v) is 8.90. The number of aromatic nitrogens is 5. The monoisotopic (exact) mass is 390 g/mol. The largest absolute Gasteiger partial charge is 0.354 e. The molecule has 0 aromatic carbocycles. The van der Waals surface area contributed by atoms with Gasteiger partial charge in [-0.2, -0.15) is 5.10 Å². The summed E-state index contributed by atoms with van der Waals surface area (Å²) in [5, 5.41) is 10.7. The third kappa shape index (κ3) is 3.40. The number of carbonyl (C=O) groups is 1. The number of aryl methyl sites for hydroxylation is 1. The molecule has 4 rings (SSSR count). The minimum absolute atomic E-state index is 0.0457. The molecule has 1 fully saturated rings. The van der Waals surface area contributed by atoms with Crippen LogP contribution in [0.4, 0.5) is 20.3 Å². The van der Waals surface area contributed by atoms with Crippen molar-refractivity contribution >= 4 is 23.1 Å². The molecule has 3 aromatic heterocycles. The molecular weight excluding hydrogens is 370 g/mol. The summed E-state index contributed by atoms with van der Waals surface area (Å²) in [6, 6.07) is 3.67. The smallest absolute Gasteiger partial charge is 0.284 e. The normalized spacial score (nSPS) is 17.5. The van der Waals surface area contributed by atoms with Crippen molar-refractivity contribution in [1.82, 2.24) is 24.4 Å². The van der Waals surface area contributed by atoms with Crippen molar-refractivity contribution in [2.24, 2.45) is 12.8 Å². The fraction of sp³-hybridized carbons (Fsp3) is 0.412. The molecule has 1 atom stereocenters. The van der Waals surface area contributed by atoms with Crippen LogP contribution in [0.3, 0.4) is 0 Å². The van der Waals surface area contributed by atoms with Crippen molar-refractivity contribution in [1.29, 1.82) is 0 Å². The fourth-order valence-electron chi connectivity index (χ4n) is 3.35. The number of hydrogen-bond acceptors (Lipinski definition) is 6. The zero-order valence-electron chi connectivity index (χ0n) is 15.2. The van der Waals surface area contributed by atoms with E-state index in [0.717, 1.165) is 19.4 Å². The maximum Gasteiger partial charge on any atom is 0.284 e. The molecule has 3 N–H and O–H groups in total. The summed E-state index contributed by atoms with van der Waals surface area (Å²) in [5.74, 6) is 0.0896. The number of nitrogens with zero attached hydrogens (tertiary/aromatic N) is 6. The van der Waals surface area contributed by atoms with Gasteiger partial charge >= 0.3 is 0 Å². The van der Waals surface area contributed by atoms with Gasteiger partial charge in [0.15, 0.2) is 17.0 Å². The Bertz CT molecular complexity index is 1010. The summed E-state index contributed by atoms with van der Waals surface area (Å²) < 4.78 is 28.8. The lowest BCUT2D eigenvalue weighted by molar-refractivity contribution is 0.101. The molecule has 0 spiro atoms. The van der Waals surface area contributed by atoms with Gasteiger partial charge < -0.3 is 16.0 Å². The van der Waals surface area contributed by atoms with Crippen LogP contribution < -0.4 is 16.0 Å². The van der Waals surface area contributed by atoms with E-state index in [0.29, 0.717) is 18.0 Å². The molecule has 4 heterocycles. The number of amides is 1. The van der Waals surface area contributed by atoms with E-state index in [4.69, 9.17) is 5.73 Å². The van der Waals surface area contributed by atoms with E-state index in [9.17, 15) is 13.6 Å². The third-order valence-electron chi connectivity index (χ3n) is 4.67. The van der Waals surface area contributed by atoms with Gasteiger partial charge in [-0.05, 0) is 25.0 Å². The van der Waals surface area contributed by atoms with E-state index in [-0.39, 0.29) is 17.4 Å². The number of halogens is 2. The minimum Gasteiger partial charge on any atom is -0.354 e. The quantitative estimate of drug-likeness (QED) is 0.701. The molecule has 1 aliphatic heterocycles. The highest BCUT2D eigenvalue weighted by Crippen LogP contribution is 2.25. The number of rotatable bonds is 4. The maximum atomic E-state index is 13.1. The summed E-state index contributed by atoms with van der Waals surface area (Å²) in [5.41, 5.74) is 6.13. The number of hydrogen-bond donors (Lipinski definition) is 2. The second-order valence-corrected chi connectivity index (χ2v) is 6.81. The minimum atomic E-state index is -2.80. The van der Waals surface area contributed by atoms with Gasteiger partial charge in [0.05, 0.1) is 11.9 Å². The Morgan fingerprint density at radius 3 is 2.93 bits per heavy atom. The highest BCUT2D eigenvalue weighted by Gasteiger charge is 2.23. The summed E-state index contributed by atoms with van der Waals surface area (Å²) in [6.07, 6.45) is 1.83. The molecule has 148 valence electrons. The lowest BCUT2D eigenvalue weighted by Gasteiger charge is -2.31. The van der Waals surface area contributed by atoms with Gasteiger partial charge in [-0.25, -0.2) is 18.3 Å². The SMILES string of the molecule is Cn1cc(NC(=O)c2cnc3ccc(N4CCC[C@@H](N)C4)nn23)c(C(F)F)n1. The Balaban J connectivity index is 1.63. The number of carbonyl (C=O) groups excluding carboxylic acids is 1. The number of nitrogens with one attached hydrogen (secondary N) is 1. The van der Waals surface area contributed by atoms with Crippen LogP contribution in [0.15, 0.2) is 24.5 Å². The standard InChI is InChI=1S/C17H20F2N8O/c1-25-9-11(15(24-25)16(18)19)22-17(28)12-7-21-13-4-5-14(23-27(12)13)26-6-2-3-10(20)8-26/h4-5,7,9-10,16H,2-3,6,8,20H2,1H3,(H,22,28)/t10-/m1/s1. The molecule has 9 nitrogen and oxygen atoms in total. The number of imidazole rings is 1. The zero-order valence-corrected chi connectivity index (χ0v) is 15.2. The molecule has 3 aromatic rings. The number of fused-ring (bicyclic) bond motifs is 1. The maximum absolute atomic E-state index is 13.1. The molecule has 0 aliphatic carbocycles. The second-order valence-electron chi connectivity index (χ2n) is 6.81. The van der Waals surface area contributed by atoms with Gasteiger partial charge in [0.2, 0.25) is 0 Å². The molecule has 0 bridgehead atoms. The van der Waals surface area contributed by atoms with Crippen LogP contribution in [0, 0.1) is 0 Å². The highest BCUT2D eigenvalue weighted by atomic mass is 19.3. The van der Waals surface area contributed by atoms with Crippen LogP contribution in [0.25, 0.3) is 5.65 Å². The van der Waals surface area contributed by atoms with Crippen LogP contribution in [0.1, 0.15) is 35.4 Å². The molecular formula is C17H20F2N8O. The van der Waals surface area contributed by atoms with Crippen LogP contribution in [0.2, 0.25) is 0 Å². The van der Waals surface area contributed by atoms with Crippen molar-refractivity contribution in [3.63, 3.8) is 0 Å². The van der Waals surface area contributed by atoms with Crippen LogP contribution in [-0.4, -0.2) is 49.4 Å². The Kier molecular flexibility index (Phi) is 4.67. The van der Waals surface area contributed by atoms with Gasteiger partial charge in [0, 0.05) is 32.4 Å². The number of anilines is 2. The first-order valence-electron chi connectivity index (χ1n) is 8.90. The lowest BCUT2D eigenvalue weighted by Crippen LogP contribution is -2.43. The van der Waals surface area contributed by atoms with E-state index in [1.54, 1.807) is 6.07 Å². The van der Waals surface area contributed by atoms with Gasteiger partial charge in [-0.1, -0.05) is 0 Å². The number of piperidine rings is 1. The van der Waals surface area contributed by atoms with E-state index >= 15 is 0 Å². The summed E-state index contributed by atoms with van der Waals surface area (Å²) >= 11 is 0. The van der Waals surface area contributed by atoms with Crippen molar-refractivity contribution in [3.8, 4) is 0 Å². The van der Waals surface area contributed by atoms with Crippen LogP contribution >= 0.6 is 0 Å². The first-order chi connectivity index (χ1) is 13.4. The van der Waals surface area contributed by atoms with Crippen molar-refractivity contribution in [3.05, 3.63) is 35.9 Å². The van der Waals surface area contributed by atoms with E-state index in [1.165, 1.54) is 28.6 Å². The average molecular weight is 390 g/mol. The van der Waals surface area contributed by atoms with Crippen molar-refractivity contribution < 1.29 is 13.6 Å². The van der Waals surface area contributed by atoms with Crippen LogP contribution in [0.5, 0.6) is 0 Å². The number of nitrogens with two attached hydrogens (primary N) is 1. The van der Waals surface area contributed by atoms with Gasteiger partial charge in [-0.3, -0.25) is 9.48 Å². The van der Waals surface area contributed by atoms with Gasteiger partial charge in [0.1, 0.15) is 5.82 Å². The molecule has 0 radical (unpaired) electrons. The Hall–Kier alpha value is -3.08. The second kappa shape index (κ2) is 7.15. The molecule has 28 heavy (non-hydrogen) atoms. The van der Waals surface area contributed by atoms with E-state index in [2.05, 4.69) is 25.4 Å². The topological polar surface area (TPSA) is 106 Å². The predicted molar refractivity (Wildman–Crippen MR) is 98.5 cm³/mol. The van der Waals surface area contributed by atoms with Gasteiger partial charge in [-0.15, -0.1) is 5.10 Å². The van der Waals surface area contributed by atoms with E-state index < -0.39 is 18.0 Å². The molecule has 0 unspecified atom stereocenters. The Morgan fingerprint density at radius 2 is 2.18 bits per heavy atom. The fourth-order valence-corrected chi connectivity index (χ4v) is 3.35. The molecule has 0 saturated carbocycles. The van der Waals surface area contributed by atoms with Crippen molar-refractivity contribution in [2.45, 2.75) is 25.3 Å². The van der Waals surface area contributed by atoms with Crippen LogP contribution in [-0.2, 0) is 7.05 Å². The lowest BCUT2D eigenvalue weighted by atomic mass is 10.1. The third-order valence-corrected chi connectivity index (χ3v) is 4.67. The first kappa shape index (κ1) is 18.3. The molecule has 1 aliphatic rings. The molecule has 1 amide bonds. The van der Waals surface area contributed by atoms with E-state index in [1.807, 2.05) is 6.07 Å². The van der Waals surface area contributed by atoms with Crippen molar-refractivity contribution in [2.75, 3.05) is 23.3 Å². The Morgan fingerprint density at radius 1 is 1.36 bits per heavy atom. The zero-order chi connectivity index (χ0) is 19.8. The molecule has 11 heteroatoms. The Labute approximate surface area is 159 Å².